The summed E-state index contributed by atoms with van der Waals surface area (Å²) in [4.78, 5) is 0. The number of rotatable bonds is 2. The fraction of sp³-hybridized carbons (Fsp3) is 0.625. The van der Waals surface area contributed by atoms with E-state index >= 15 is 0 Å². The quantitative estimate of drug-likeness (QED) is 0.873. The summed E-state index contributed by atoms with van der Waals surface area (Å²) in [6.07, 6.45) is 9.46. The van der Waals surface area contributed by atoms with E-state index in [1.165, 1.54) is 44.9 Å². The van der Waals surface area contributed by atoms with E-state index in [2.05, 4.69) is 17.4 Å². The smallest absolute Gasteiger partial charge is 0.163 e. The molecule has 1 fully saturated rings. The molecule has 1 aliphatic carbocycles. The Balaban J connectivity index is 1.64. The fourth-order valence-electron chi connectivity index (χ4n) is 2.97. The van der Waals surface area contributed by atoms with E-state index in [0.717, 1.165) is 17.2 Å². The Hall–Kier alpha value is -1.38. The first-order valence-electron chi connectivity index (χ1n) is 7.58. The van der Waals surface area contributed by atoms with E-state index in [1.54, 1.807) is 0 Å². The van der Waals surface area contributed by atoms with Gasteiger partial charge in [0, 0.05) is 17.8 Å². The fourth-order valence-corrected chi connectivity index (χ4v) is 2.97. The maximum atomic E-state index is 5.63. The number of hydrogen-bond donors (Lipinski definition) is 1. The lowest BCUT2D eigenvalue weighted by Crippen LogP contribution is -2.21. The van der Waals surface area contributed by atoms with Crippen molar-refractivity contribution in [1.82, 2.24) is 0 Å². The Kier molecular flexibility index (Phi) is 4.11. The number of anilines is 1. The highest BCUT2D eigenvalue weighted by molar-refractivity contribution is 5.55. The third-order valence-electron chi connectivity index (χ3n) is 4.02. The van der Waals surface area contributed by atoms with Gasteiger partial charge in [0.25, 0.3) is 0 Å². The molecule has 1 saturated carbocycles. The van der Waals surface area contributed by atoms with Gasteiger partial charge in [-0.25, -0.2) is 0 Å². The minimum atomic E-state index is 0.614. The van der Waals surface area contributed by atoms with Crippen LogP contribution in [0.15, 0.2) is 18.2 Å². The molecule has 3 rings (SSSR count). The first kappa shape index (κ1) is 12.6. The Labute approximate surface area is 115 Å². The van der Waals surface area contributed by atoms with Gasteiger partial charge in [0.1, 0.15) is 13.2 Å². The summed E-state index contributed by atoms with van der Waals surface area (Å²) in [5, 5.41) is 3.66. The van der Waals surface area contributed by atoms with E-state index in [-0.39, 0.29) is 0 Å². The summed E-state index contributed by atoms with van der Waals surface area (Å²) in [6, 6.07) is 6.81. The lowest BCUT2D eigenvalue weighted by Gasteiger charge is -2.24. The second-order valence-electron chi connectivity index (χ2n) is 5.54. The topological polar surface area (TPSA) is 30.5 Å². The molecule has 0 amide bonds. The Bertz CT molecular complexity index is 411. The van der Waals surface area contributed by atoms with Crippen LogP contribution in [0.1, 0.15) is 44.9 Å². The summed E-state index contributed by atoms with van der Waals surface area (Å²) in [5.74, 6) is 1.75. The monoisotopic (exact) mass is 261 g/mol. The molecule has 3 heteroatoms. The average molecular weight is 261 g/mol. The zero-order chi connectivity index (χ0) is 12.9. The van der Waals surface area contributed by atoms with Crippen molar-refractivity contribution < 1.29 is 9.47 Å². The van der Waals surface area contributed by atoms with Crippen molar-refractivity contribution in [3.63, 3.8) is 0 Å². The van der Waals surface area contributed by atoms with Crippen LogP contribution in [0.3, 0.4) is 0 Å². The molecule has 2 aliphatic rings. The molecule has 0 bridgehead atoms. The third-order valence-corrected chi connectivity index (χ3v) is 4.02. The molecule has 0 aromatic heterocycles. The molecule has 104 valence electrons. The van der Waals surface area contributed by atoms with E-state index in [4.69, 9.17) is 9.47 Å². The van der Waals surface area contributed by atoms with Crippen LogP contribution >= 0.6 is 0 Å². The van der Waals surface area contributed by atoms with Gasteiger partial charge in [-0.1, -0.05) is 32.1 Å². The van der Waals surface area contributed by atoms with E-state index < -0.39 is 0 Å². The Morgan fingerprint density at radius 3 is 2.32 bits per heavy atom. The first-order valence-corrected chi connectivity index (χ1v) is 7.58. The van der Waals surface area contributed by atoms with Crippen molar-refractivity contribution >= 4 is 5.69 Å². The van der Waals surface area contributed by atoms with Gasteiger partial charge in [0.05, 0.1) is 0 Å². The van der Waals surface area contributed by atoms with Crippen LogP contribution in [0.5, 0.6) is 11.5 Å². The van der Waals surface area contributed by atoms with Crippen LogP contribution in [0, 0.1) is 0 Å². The van der Waals surface area contributed by atoms with Crippen molar-refractivity contribution in [2.75, 3.05) is 18.5 Å². The minimum Gasteiger partial charge on any atom is -0.486 e. The largest absolute Gasteiger partial charge is 0.486 e. The van der Waals surface area contributed by atoms with Crippen LogP contribution in [0.25, 0.3) is 0 Å². The van der Waals surface area contributed by atoms with E-state index in [1.807, 2.05) is 6.07 Å². The standard InChI is InChI=1S/C16H23NO2/c1-2-4-6-13(7-5-3-1)17-14-8-9-15-16(12-14)19-11-10-18-15/h8-9,12-13,17H,1-7,10-11H2. The number of fused-ring (bicyclic) bond motifs is 1. The van der Waals surface area contributed by atoms with Crippen LogP contribution in [-0.4, -0.2) is 19.3 Å². The average Bonchev–Trinajstić information content (AvgIpc) is 2.41. The van der Waals surface area contributed by atoms with E-state index in [0.29, 0.717) is 19.3 Å². The highest BCUT2D eigenvalue weighted by atomic mass is 16.6. The summed E-state index contributed by atoms with van der Waals surface area (Å²) < 4.78 is 11.2. The number of benzene rings is 1. The molecule has 0 spiro atoms. The maximum absolute atomic E-state index is 5.63. The molecule has 19 heavy (non-hydrogen) atoms. The number of ether oxygens (including phenoxy) is 2. The van der Waals surface area contributed by atoms with Gasteiger partial charge < -0.3 is 14.8 Å². The van der Waals surface area contributed by atoms with Crippen LogP contribution in [-0.2, 0) is 0 Å². The van der Waals surface area contributed by atoms with Gasteiger partial charge in [-0.05, 0) is 25.0 Å². The van der Waals surface area contributed by atoms with Gasteiger partial charge in [-0.3, -0.25) is 0 Å². The summed E-state index contributed by atoms with van der Waals surface area (Å²) in [5.41, 5.74) is 1.16. The van der Waals surface area contributed by atoms with Gasteiger partial charge in [0.2, 0.25) is 0 Å². The predicted molar refractivity (Wildman–Crippen MR) is 77.2 cm³/mol. The molecule has 1 aromatic carbocycles. The summed E-state index contributed by atoms with van der Waals surface area (Å²) >= 11 is 0. The minimum absolute atomic E-state index is 0.614. The molecular formula is C16H23NO2. The highest BCUT2D eigenvalue weighted by Gasteiger charge is 2.14. The molecule has 1 N–H and O–H groups in total. The Morgan fingerprint density at radius 1 is 0.842 bits per heavy atom. The first-order chi connectivity index (χ1) is 9.42. The summed E-state index contributed by atoms with van der Waals surface area (Å²) in [6.45, 7) is 1.31. The molecule has 3 nitrogen and oxygen atoms in total. The molecule has 0 unspecified atom stereocenters. The van der Waals surface area contributed by atoms with Gasteiger partial charge in [-0.2, -0.15) is 0 Å². The van der Waals surface area contributed by atoms with Crippen molar-refractivity contribution in [3.8, 4) is 11.5 Å². The second-order valence-corrected chi connectivity index (χ2v) is 5.54. The molecule has 0 radical (unpaired) electrons. The normalized spacial score (nSPS) is 20.4. The molecular weight excluding hydrogens is 238 g/mol. The maximum Gasteiger partial charge on any atom is 0.163 e. The second kappa shape index (κ2) is 6.18. The van der Waals surface area contributed by atoms with Crippen LogP contribution in [0.2, 0.25) is 0 Å². The highest BCUT2D eigenvalue weighted by Crippen LogP contribution is 2.33. The van der Waals surface area contributed by atoms with Gasteiger partial charge >= 0.3 is 0 Å². The lowest BCUT2D eigenvalue weighted by atomic mass is 9.96. The van der Waals surface area contributed by atoms with Gasteiger partial charge in [0.15, 0.2) is 11.5 Å². The van der Waals surface area contributed by atoms with Crippen LogP contribution in [0.4, 0.5) is 5.69 Å². The zero-order valence-corrected chi connectivity index (χ0v) is 11.5. The molecule has 0 atom stereocenters. The van der Waals surface area contributed by atoms with Crippen molar-refractivity contribution in [1.29, 1.82) is 0 Å². The van der Waals surface area contributed by atoms with Crippen molar-refractivity contribution in [3.05, 3.63) is 18.2 Å². The van der Waals surface area contributed by atoms with Crippen molar-refractivity contribution in [2.45, 2.75) is 51.0 Å². The summed E-state index contributed by atoms with van der Waals surface area (Å²) in [7, 11) is 0. The third kappa shape index (κ3) is 3.34. The van der Waals surface area contributed by atoms with Gasteiger partial charge in [-0.15, -0.1) is 0 Å². The molecule has 0 saturated heterocycles. The Morgan fingerprint density at radius 2 is 1.53 bits per heavy atom. The number of nitrogens with one attached hydrogen (secondary N) is 1. The predicted octanol–water partition coefficient (Wildman–Crippen LogP) is 3.98. The SMILES string of the molecule is c1cc2c(cc1NC1CCCCCCC1)OCCO2. The lowest BCUT2D eigenvalue weighted by molar-refractivity contribution is 0.171. The number of hydrogen-bond acceptors (Lipinski definition) is 3. The molecule has 1 aliphatic heterocycles. The van der Waals surface area contributed by atoms with Crippen LogP contribution < -0.4 is 14.8 Å². The molecule has 1 heterocycles. The van der Waals surface area contributed by atoms with Crippen molar-refractivity contribution in [2.24, 2.45) is 0 Å². The van der Waals surface area contributed by atoms with E-state index in [9.17, 15) is 0 Å². The molecule has 1 aromatic rings. The zero-order valence-electron chi connectivity index (χ0n) is 11.5.